The van der Waals surface area contributed by atoms with Gasteiger partial charge < -0.3 is 5.32 Å². The van der Waals surface area contributed by atoms with Crippen LogP contribution in [-0.4, -0.2) is 41.9 Å². The second kappa shape index (κ2) is 6.36. The van der Waals surface area contributed by atoms with Gasteiger partial charge in [-0.1, -0.05) is 0 Å². The highest BCUT2D eigenvalue weighted by atomic mass is 32.2. The number of sulfone groups is 1. The number of nitro benzene ring substituents is 1. The molecule has 8 nitrogen and oxygen atoms in total. The van der Waals surface area contributed by atoms with E-state index >= 15 is 0 Å². The van der Waals surface area contributed by atoms with Crippen molar-refractivity contribution in [1.29, 1.82) is 0 Å². The first-order chi connectivity index (χ1) is 10.3. The lowest BCUT2D eigenvalue weighted by Gasteiger charge is -2.13. The predicted octanol–water partition coefficient (Wildman–Crippen LogP) is 0.386. The standard InChI is InChI=1S/C12H13N3O5S2/c16-11(8-1-3-10(4-2-8)15(17)18)14-12(21)13-9-5-6-22(19,20)7-9/h1-4,9H,5-7H2,(H2,13,14,16,21). The minimum absolute atomic E-state index is 0.0134. The molecule has 0 aromatic heterocycles. The summed E-state index contributed by atoms with van der Waals surface area (Å²) in [4.78, 5) is 21.9. The van der Waals surface area contributed by atoms with Crippen molar-refractivity contribution in [2.45, 2.75) is 12.5 Å². The Kier molecular flexibility index (Phi) is 4.71. The molecule has 1 aromatic carbocycles. The number of carbonyl (C=O) groups is 1. The van der Waals surface area contributed by atoms with Crippen LogP contribution in [0.3, 0.4) is 0 Å². The van der Waals surface area contributed by atoms with Crippen LogP contribution in [0.4, 0.5) is 5.69 Å². The first kappa shape index (κ1) is 16.3. The zero-order valence-electron chi connectivity index (χ0n) is 11.3. The number of hydrogen-bond donors (Lipinski definition) is 2. The van der Waals surface area contributed by atoms with E-state index in [0.29, 0.717) is 6.42 Å². The van der Waals surface area contributed by atoms with Gasteiger partial charge in [0.15, 0.2) is 14.9 Å². The van der Waals surface area contributed by atoms with Crippen LogP contribution in [0.5, 0.6) is 0 Å². The summed E-state index contributed by atoms with van der Waals surface area (Å²) in [6.07, 6.45) is 0.440. The van der Waals surface area contributed by atoms with Crippen LogP contribution >= 0.6 is 12.2 Å². The number of thiocarbonyl (C=S) groups is 1. The third-order valence-corrected chi connectivity index (χ3v) is 5.12. The van der Waals surface area contributed by atoms with Gasteiger partial charge in [0.05, 0.1) is 16.4 Å². The third kappa shape index (κ3) is 4.21. The van der Waals surface area contributed by atoms with Crippen LogP contribution in [0, 0.1) is 10.1 Å². The molecule has 2 rings (SSSR count). The number of non-ortho nitro benzene ring substituents is 1. The molecule has 1 unspecified atom stereocenters. The summed E-state index contributed by atoms with van der Waals surface area (Å²) >= 11 is 4.96. The van der Waals surface area contributed by atoms with E-state index in [4.69, 9.17) is 12.2 Å². The number of rotatable bonds is 3. The van der Waals surface area contributed by atoms with E-state index < -0.39 is 20.7 Å². The van der Waals surface area contributed by atoms with Gasteiger partial charge in [0.1, 0.15) is 0 Å². The summed E-state index contributed by atoms with van der Waals surface area (Å²) in [6, 6.07) is 4.76. The van der Waals surface area contributed by atoms with E-state index in [1.165, 1.54) is 24.3 Å². The van der Waals surface area contributed by atoms with E-state index in [-0.39, 0.29) is 33.9 Å². The molecule has 2 N–H and O–H groups in total. The molecule has 1 saturated heterocycles. The van der Waals surface area contributed by atoms with E-state index in [2.05, 4.69) is 10.6 Å². The average Bonchev–Trinajstić information content (AvgIpc) is 2.77. The Labute approximate surface area is 132 Å². The summed E-state index contributed by atoms with van der Waals surface area (Å²) in [7, 11) is -3.03. The van der Waals surface area contributed by atoms with E-state index in [0.717, 1.165) is 0 Å². The van der Waals surface area contributed by atoms with Crippen molar-refractivity contribution in [1.82, 2.24) is 10.6 Å². The molecule has 1 aromatic rings. The maximum Gasteiger partial charge on any atom is 0.269 e. The van der Waals surface area contributed by atoms with Crippen LogP contribution in [0.2, 0.25) is 0 Å². The van der Waals surface area contributed by atoms with Crippen LogP contribution in [0.15, 0.2) is 24.3 Å². The molecule has 0 radical (unpaired) electrons. The van der Waals surface area contributed by atoms with Crippen molar-refractivity contribution in [3.63, 3.8) is 0 Å². The minimum atomic E-state index is -3.03. The molecule has 0 bridgehead atoms. The fraction of sp³-hybridized carbons (Fsp3) is 0.333. The van der Waals surface area contributed by atoms with Crippen molar-refractivity contribution >= 4 is 38.8 Å². The monoisotopic (exact) mass is 343 g/mol. The molecule has 1 amide bonds. The van der Waals surface area contributed by atoms with Crippen molar-refractivity contribution in [2.24, 2.45) is 0 Å². The van der Waals surface area contributed by atoms with Crippen molar-refractivity contribution < 1.29 is 18.1 Å². The minimum Gasteiger partial charge on any atom is -0.359 e. The van der Waals surface area contributed by atoms with Gasteiger partial charge in [-0.05, 0) is 30.8 Å². The summed E-state index contributed by atoms with van der Waals surface area (Å²) < 4.78 is 22.7. The van der Waals surface area contributed by atoms with E-state index in [1.807, 2.05) is 0 Å². The van der Waals surface area contributed by atoms with Gasteiger partial charge in [-0.2, -0.15) is 0 Å². The molecular weight excluding hydrogens is 330 g/mol. The number of amides is 1. The van der Waals surface area contributed by atoms with Crippen LogP contribution in [-0.2, 0) is 9.84 Å². The number of nitrogens with one attached hydrogen (secondary N) is 2. The number of nitrogens with zero attached hydrogens (tertiary/aromatic N) is 1. The maximum atomic E-state index is 11.9. The molecule has 0 aliphatic carbocycles. The zero-order chi connectivity index (χ0) is 16.3. The van der Waals surface area contributed by atoms with Crippen molar-refractivity contribution in [3.8, 4) is 0 Å². The highest BCUT2D eigenvalue weighted by molar-refractivity contribution is 7.91. The molecule has 1 atom stereocenters. The van der Waals surface area contributed by atoms with Gasteiger partial charge in [-0.3, -0.25) is 20.2 Å². The zero-order valence-corrected chi connectivity index (χ0v) is 12.9. The average molecular weight is 343 g/mol. The first-order valence-electron chi connectivity index (χ1n) is 6.33. The highest BCUT2D eigenvalue weighted by Crippen LogP contribution is 2.12. The summed E-state index contributed by atoms with van der Waals surface area (Å²) in [5.41, 5.74) is 0.0993. The quantitative estimate of drug-likeness (QED) is 0.463. The van der Waals surface area contributed by atoms with Gasteiger partial charge in [0.25, 0.3) is 11.6 Å². The Balaban J connectivity index is 1.91. The topological polar surface area (TPSA) is 118 Å². The maximum absolute atomic E-state index is 11.9. The Morgan fingerprint density at radius 2 is 1.95 bits per heavy atom. The molecule has 118 valence electrons. The van der Waals surface area contributed by atoms with Crippen LogP contribution in [0.25, 0.3) is 0 Å². The third-order valence-electron chi connectivity index (χ3n) is 3.14. The van der Waals surface area contributed by atoms with Gasteiger partial charge in [-0.15, -0.1) is 0 Å². The molecule has 1 aliphatic rings. The summed E-state index contributed by atoms with van der Waals surface area (Å²) in [5.74, 6) is -0.433. The molecular formula is C12H13N3O5S2. The predicted molar refractivity (Wildman–Crippen MR) is 83.4 cm³/mol. The van der Waals surface area contributed by atoms with E-state index in [1.54, 1.807) is 0 Å². The molecule has 1 fully saturated rings. The lowest BCUT2D eigenvalue weighted by atomic mass is 10.2. The SMILES string of the molecule is O=C(NC(=S)NC1CCS(=O)(=O)C1)c1ccc([N+](=O)[O-])cc1. The molecule has 22 heavy (non-hydrogen) atoms. The molecule has 1 aliphatic heterocycles. The number of carbonyl (C=O) groups excluding carboxylic acids is 1. The van der Waals surface area contributed by atoms with E-state index in [9.17, 15) is 23.3 Å². The number of benzene rings is 1. The Morgan fingerprint density at radius 3 is 2.45 bits per heavy atom. The lowest BCUT2D eigenvalue weighted by molar-refractivity contribution is -0.384. The molecule has 0 saturated carbocycles. The fourth-order valence-corrected chi connectivity index (χ4v) is 3.97. The smallest absolute Gasteiger partial charge is 0.269 e. The van der Waals surface area contributed by atoms with Gasteiger partial charge in [-0.25, -0.2) is 8.42 Å². The van der Waals surface area contributed by atoms with Crippen molar-refractivity contribution in [2.75, 3.05) is 11.5 Å². The second-order valence-electron chi connectivity index (χ2n) is 4.83. The van der Waals surface area contributed by atoms with Gasteiger partial charge >= 0.3 is 0 Å². The Bertz CT molecular complexity index is 715. The Hall–Kier alpha value is -2.07. The van der Waals surface area contributed by atoms with Crippen LogP contribution < -0.4 is 10.6 Å². The summed E-state index contributed by atoms with van der Waals surface area (Å²) in [5, 5.41) is 15.8. The first-order valence-corrected chi connectivity index (χ1v) is 8.56. The molecule has 0 spiro atoms. The van der Waals surface area contributed by atoms with Gasteiger partial charge in [0.2, 0.25) is 0 Å². The number of nitro groups is 1. The lowest BCUT2D eigenvalue weighted by Crippen LogP contribution is -2.44. The van der Waals surface area contributed by atoms with Crippen LogP contribution in [0.1, 0.15) is 16.8 Å². The normalized spacial score (nSPS) is 19.4. The largest absolute Gasteiger partial charge is 0.359 e. The number of hydrogen-bond acceptors (Lipinski definition) is 6. The summed E-state index contributed by atoms with van der Waals surface area (Å²) in [6.45, 7) is 0. The Morgan fingerprint density at radius 1 is 1.32 bits per heavy atom. The second-order valence-corrected chi connectivity index (χ2v) is 7.47. The highest BCUT2D eigenvalue weighted by Gasteiger charge is 2.28. The molecule has 10 heteroatoms. The van der Waals surface area contributed by atoms with Gasteiger partial charge in [0, 0.05) is 23.7 Å². The molecule has 1 heterocycles. The van der Waals surface area contributed by atoms with Crippen molar-refractivity contribution in [3.05, 3.63) is 39.9 Å². The fourth-order valence-electron chi connectivity index (χ4n) is 2.04.